The molecule has 204 valence electrons. The molecule has 2 fully saturated rings. The van der Waals surface area contributed by atoms with Crippen molar-refractivity contribution in [3.05, 3.63) is 59.5 Å². The number of hydrogen-bond donors (Lipinski definition) is 0. The molecule has 1 saturated carbocycles. The topological polar surface area (TPSA) is 82.6 Å². The summed E-state index contributed by atoms with van der Waals surface area (Å²) in [7, 11) is 1.47. The Morgan fingerprint density at radius 1 is 1.13 bits per heavy atom. The van der Waals surface area contributed by atoms with Gasteiger partial charge in [-0.1, -0.05) is 11.2 Å². The number of halogens is 1. The van der Waals surface area contributed by atoms with Gasteiger partial charge in [0.15, 0.2) is 11.6 Å². The molecule has 4 aromatic rings. The lowest BCUT2D eigenvalue weighted by Gasteiger charge is -2.29. The van der Waals surface area contributed by atoms with Gasteiger partial charge in [-0.15, -0.1) is 0 Å². The maximum Gasteiger partial charge on any atom is 0.302 e. The molecule has 6 rings (SSSR count). The van der Waals surface area contributed by atoms with Crippen LogP contribution in [0.4, 0.5) is 10.1 Å². The number of esters is 1. The van der Waals surface area contributed by atoms with E-state index in [0.717, 1.165) is 83.8 Å². The van der Waals surface area contributed by atoms with Crippen molar-refractivity contribution in [3.63, 3.8) is 0 Å². The first kappa shape index (κ1) is 25.4. The number of aryl methyl sites for hydroxylation is 2. The number of nitrogens with zero attached hydrogens (tertiary/aromatic N) is 4. The molecule has 0 spiro atoms. The Hall–Kier alpha value is -3.88. The van der Waals surface area contributed by atoms with Crippen molar-refractivity contribution in [2.45, 2.75) is 71.1 Å². The Kier molecular flexibility index (Phi) is 6.53. The molecule has 1 aliphatic carbocycles. The Morgan fingerprint density at radius 2 is 1.97 bits per heavy atom. The van der Waals surface area contributed by atoms with Crippen molar-refractivity contribution < 1.29 is 23.2 Å². The minimum absolute atomic E-state index is 0.0134. The Balaban J connectivity index is 1.45. The number of methoxy groups -OCH3 is 1. The number of benzene rings is 2. The molecule has 0 N–H and O–H groups in total. The lowest BCUT2D eigenvalue weighted by molar-refractivity contribution is -0.146. The third-order valence-electron chi connectivity index (χ3n) is 8.11. The van der Waals surface area contributed by atoms with Crippen LogP contribution in [0.5, 0.6) is 5.75 Å². The fourth-order valence-electron chi connectivity index (χ4n) is 6.46. The molecule has 9 heteroatoms. The molecule has 8 nitrogen and oxygen atoms in total. The summed E-state index contributed by atoms with van der Waals surface area (Å²) in [4.78, 5) is 19.1. The monoisotopic (exact) mass is 532 g/mol. The number of rotatable bonds is 6. The fourth-order valence-corrected chi connectivity index (χ4v) is 6.46. The van der Waals surface area contributed by atoms with E-state index in [1.165, 1.54) is 14.0 Å². The molecule has 0 amide bonds. The minimum Gasteiger partial charge on any atom is -0.494 e. The Bertz CT molecular complexity index is 1520. The Labute approximate surface area is 226 Å². The van der Waals surface area contributed by atoms with Crippen molar-refractivity contribution in [1.29, 1.82) is 0 Å². The van der Waals surface area contributed by atoms with Crippen LogP contribution in [0.2, 0.25) is 0 Å². The summed E-state index contributed by atoms with van der Waals surface area (Å²) in [6.45, 7) is 6.14. The quantitative estimate of drug-likeness (QED) is 0.264. The van der Waals surface area contributed by atoms with Gasteiger partial charge in [-0.3, -0.25) is 4.79 Å². The number of carbonyl (C=O) groups excluding carboxylic acids is 1. The number of hydrogen-bond acceptors (Lipinski definition) is 7. The minimum atomic E-state index is -0.377. The molecule has 39 heavy (non-hydrogen) atoms. The standard InChI is InChI=1S/C30H33FN4O4/c1-17-29(18(2)39-33-17)20-7-11-26-25(14-20)32-30(35(26)22-8-10-23(15-22)38-19(3)36)27-6-5-13-34(27)21-9-12-28(37-4)24(31)16-21/h7,9,11-12,14,16,22-23,27H,5-6,8,10,13,15H2,1-4H3/t22-,23-,27+/m1/s1. The van der Waals surface area contributed by atoms with Gasteiger partial charge >= 0.3 is 5.97 Å². The highest BCUT2D eigenvalue weighted by Crippen LogP contribution is 2.43. The van der Waals surface area contributed by atoms with Gasteiger partial charge in [-0.25, -0.2) is 9.37 Å². The maximum absolute atomic E-state index is 14.7. The van der Waals surface area contributed by atoms with Crippen LogP contribution in [0.1, 0.15) is 68.4 Å². The van der Waals surface area contributed by atoms with E-state index >= 15 is 0 Å². The second kappa shape index (κ2) is 10.0. The first-order valence-corrected chi connectivity index (χ1v) is 13.6. The van der Waals surface area contributed by atoms with Crippen LogP contribution in [-0.2, 0) is 9.53 Å². The molecular formula is C30H33FN4O4. The zero-order valence-electron chi connectivity index (χ0n) is 22.7. The van der Waals surface area contributed by atoms with E-state index in [9.17, 15) is 9.18 Å². The van der Waals surface area contributed by atoms with E-state index in [2.05, 4.69) is 32.8 Å². The average molecular weight is 533 g/mol. The summed E-state index contributed by atoms with van der Waals surface area (Å²) < 4.78 is 33.2. The van der Waals surface area contributed by atoms with Crippen molar-refractivity contribution in [2.24, 2.45) is 0 Å². The number of aromatic nitrogens is 3. The predicted molar refractivity (Wildman–Crippen MR) is 145 cm³/mol. The summed E-state index contributed by atoms with van der Waals surface area (Å²) in [5.41, 5.74) is 5.60. The molecule has 0 bridgehead atoms. The van der Waals surface area contributed by atoms with E-state index in [0.29, 0.717) is 0 Å². The highest BCUT2D eigenvalue weighted by molar-refractivity contribution is 5.84. The van der Waals surface area contributed by atoms with Crippen LogP contribution < -0.4 is 9.64 Å². The molecule has 2 aromatic heterocycles. The molecule has 2 aromatic carbocycles. The summed E-state index contributed by atoms with van der Waals surface area (Å²) in [5.74, 6) is 1.34. The van der Waals surface area contributed by atoms with Crippen LogP contribution in [0, 0.1) is 19.7 Å². The van der Waals surface area contributed by atoms with E-state index in [4.69, 9.17) is 19.0 Å². The SMILES string of the molecule is COc1ccc(N2CCC[C@H]2c2nc3cc(-c4c(C)noc4C)ccc3n2[C@@H]2CC[C@@H](OC(C)=O)C2)cc1F. The van der Waals surface area contributed by atoms with Gasteiger partial charge in [0, 0.05) is 43.2 Å². The average Bonchev–Trinajstić information content (AvgIpc) is 3.69. The molecule has 0 unspecified atom stereocenters. The normalized spacial score (nSPS) is 21.2. The van der Waals surface area contributed by atoms with Crippen molar-refractivity contribution >= 4 is 22.7 Å². The first-order chi connectivity index (χ1) is 18.8. The highest BCUT2D eigenvalue weighted by atomic mass is 19.1. The molecule has 2 aliphatic rings. The summed E-state index contributed by atoms with van der Waals surface area (Å²) in [6, 6.07) is 11.6. The Morgan fingerprint density at radius 3 is 2.69 bits per heavy atom. The predicted octanol–water partition coefficient (Wildman–Crippen LogP) is 6.45. The third kappa shape index (κ3) is 4.53. The van der Waals surface area contributed by atoms with Crippen molar-refractivity contribution in [1.82, 2.24) is 14.7 Å². The summed E-state index contributed by atoms with van der Waals surface area (Å²) in [6.07, 6.45) is 4.24. The largest absolute Gasteiger partial charge is 0.494 e. The summed E-state index contributed by atoms with van der Waals surface area (Å²) in [5, 5.41) is 4.13. The van der Waals surface area contributed by atoms with E-state index < -0.39 is 0 Å². The van der Waals surface area contributed by atoms with Crippen LogP contribution in [-0.4, -0.2) is 40.4 Å². The molecule has 0 radical (unpaired) electrons. The van der Waals surface area contributed by atoms with Gasteiger partial charge in [0.1, 0.15) is 17.7 Å². The number of carbonyl (C=O) groups is 1. The second-order valence-electron chi connectivity index (χ2n) is 10.6. The third-order valence-corrected chi connectivity index (χ3v) is 8.11. The van der Waals surface area contributed by atoms with Crippen LogP contribution >= 0.6 is 0 Å². The zero-order chi connectivity index (χ0) is 27.3. The van der Waals surface area contributed by atoms with Gasteiger partial charge < -0.3 is 23.5 Å². The fraction of sp³-hybridized carbons (Fsp3) is 0.433. The lowest BCUT2D eigenvalue weighted by Crippen LogP contribution is -2.26. The van der Waals surface area contributed by atoms with Crippen LogP contribution in [0.15, 0.2) is 40.9 Å². The van der Waals surface area contributed by atoms with Gasteiger partial charge in [0.25, 0.3) is 0 Å². The van der Waals surface area contributed by atoms with Gasteiger partial charge in [-0.05, 0) is 69.4 Å². The zero-order valence-corrected chi connectivity index (χ0v) is 22.7. The summed E-state index contributed by atoms with van der Waals surface area (Å²) >= 11 is 0. The smallest absolute Gasteiger partial charge is 0.302 e. The lowest BCUT2D eigenvalue weighted by atomic mass is 10.0. The van der Waals surface area contributed by atoms with Gasteiger partial charge in [0.05, 0.1) is 29.9 Å². The van der Waals surface area contributed by atoms with Crippen LogP contribution in [0.25, 0.3) is 22.2 Å². The number of anilines is 1. The van der Waals surface area contributed by atoms with Crippen LogP contribution in [0.3, 0.4) is 0 Å². The number of imidazole rings is 1. The number of ether oxygens (including phenoxy) is 2. The second-order valence-corrected chi connectivity index (χ2v) is 10.6. The molecule has 1 saturated heterocycles. The first-order valence-electron chi connectivity index (χ1n) is 13.6. The van der Waals surface area contributed by atoms with Gasteiger partial charge in [-0.2, -0.15) is 0 Å². The molecule has 3 heterocycles. The molecular weight excluding hydrogens is 499 g/mol. The van der Waals surface area contributed by atoms with E-state index in [1.807, 2.05) is 19.9 Å². The number of fused-ring (bicyclic) bond motifs is 1. The van der Waals surface area contributed by atoms with E-state index in [-0.39, 0.29) is 35.7 Å². The molecule has 1 aliphatic heterocycles. The van der Waals surface area contributed by atoms with Crippen molar-refractivity contribution in [2.75, 3.05) is 18.6 Å². The maximum atomic E-state index is 14.7. The van der Waals surface area contributed by atoms with Gasteiger partial charge in [0.2, 0.25) is 0 Å². The molecule has 3 atom stereocenters. The van der Waals surface area contributed by atoms with E-state index in [1.54, 1.807) is 12.1 Å². The van der Waals surface area contributed by atoms with Crippen molar-refractivity contribution in [3.8, 4) is 16.9 Å². The highest BCUT2D eigenvalue weighted by Gasteiger charge is 2.36.